The molecule has 0 bridgehead atoms. The van der Waals surface area contributed by atoms with Gasteiger partial charge in [-0.25, -0.2) is 0 Å². The van der Waals surface area contributed by atoms with Crippen molar-refractivity contribution in [1.29, 1.82) is 0 Å². The largest absolute Gasteiger partial charge is 0.257 e. The van der Waals surface area contributed by atoms with Gasteiger partial charge in [0.2, 0.25) is 0 Å². The number of para-hydroxylation sites is 1. The highest BCUT2D eigenvalue weighted by Crippen LogP contribution is 2.35. The third-order valence-corrected chi connectivity index (χ3v) is 4.79. The van der Waals surface area contributed by atoms with Crippen LogP contribution >= 0.6 is 11.8 Å². The lowest BCUT2D eigenvalue weighted by Crippen LogP contribution is -2.11. The van der Waals surface area contributed by atoms with E-state index in [2.05, 4.69) is 73.6 Å². The van der Waals surface area contributed by atoms with Crippen molar-refractivity contribution in [3.63, 3.8) is 0 Å². The summed E-state index contributed by atoms with van der Waals surface area (Å²) in [5.74, 6) is 2.00. The third-order valence-electron chi connectivity index (χ3n) is 3.36. The molecule has 0 amide bonds. The summed E-state index contributed by atoms with van der Waals surface area (Å²) in [5, 5.41) is 0. The van der Waals surface area contributed by atoms with Gasteiger partial charge in [-0.15, -0.1) is 11.8 Å². The number of hydrogen-bond acceptors (Lipinski definition) is 2. The van der Waals surface area contributed by atoms with Crippen LogP contribution in [-0.2, 0) is 0 Å². The van der Waals surface area contributed by atoms with E-state index in [9.17, 15) is 0 Å². The average molecular weight is 306 g/mol. The molecule has 1 aromatic rings. The van der Waals surface area contributed by atoms with Gasteiger partial charge >= 0.3 is 0 Å². The molecule has 0 radical (unpaired) electrons. The lowest BCUT2D eigenvalue weighted by atomic mass is 9.93. The minimum absolute atomic E-state index is 0.287. The number of aliphatic imine (C=N–C) groups is 1. The molecular weight excluding hydrogens is 274 g/mol. The van der Waals surface area contributed by atoms with Crippen LogP contribution < -0.4 is 0 Å². The summed E-state index contributed by atoms with van der Waals surface area (Å²) in [7, 11) is 0. The summed E-state index contributed by atoms with van der Waals surface area (Å²) in [5.41, 5.74) is 5.14. The molecule has 0 N–H and O–H groups in total. The normalized spacial score (nSPS) is 13.3. The van der Waals surface area contributed by atoms with Crippen molar-refractivity contribution in [2.45, 2.75) is 72.0 Å². The summed E-state index contributed by atoms with van der Waals surface area (Å²) < 4.78 is 0.287. The number of rotatable bonds is 5. The van der Waals surface area contributed by atoms with E-state index in [1.54, 1.807) is 0 Å². The lowest BCUT2D eigenvalue weighted by Gasteiger charge is -2.19. The van der Waals surface area contributed by atoms with Gasteiger partial charge < -0.3 is 0 Å². The Hall–Kier alpha value is -0.760. The van der Waals surface area contributed by atoms with Gasteiger partial charge in [0, 0.05) is 16.2 Å². The van der Waals surface area contributed by atoms with Crippen LogP contribution in [0.1, 0.15) is 78.4 Å². The van der Waals surface area contributed by atoms with Crippen LogP contribution in [0.4, 0.5) is 5.69 Å². The van der Waals surface area contributed by atoms with Crippen LogP contribution in [0.3, 0.4) is 0 Å². The first-order valence-electron chi connectivity index (χ1n) is 7.92. The minimum Gasteiger partial charge on any atom is -0.257 e. The van der Waals surface area contributed by atoms with E-state index >= 15 is 0 Å². The molecule has 0 unspecified atom stereocenters. The molecule has 118 valence electrons. The molecule has 0 spiro atoms. The van der Waals surface area contributed by atoms with Gasteiger partial charge in [0.15, 0.2) is 0 Å². The molecule has 0 aliphatic rings. The zero-order chi connectivity index (χ0) is 16.2. The predicted molar refractivity (Wildman–Crippen MR) is 99.6 cm³/mol. The predicted octanol–water partition coefficient (Wildman–Crippen LogP) is 6.56. The first-order valence-corrected chi connectivity index (χ1v) is 8.91. The molecule has 0 aliphatic heterocycles. The molecule has 0 heterocycles. The van der Waals surface area contributed by atoms with Crippen LogP contribution in [0.5, 0.6) is 0 Å². The van der Waals surface area contributed by atoms with E-state index in [1.165, 1.54) is 22.5 Å². The Morgan fingerprint density at radius 3 is 1.90 bits per heavy atom. The summed E-state index contributed by atoms with van der Waals surface area (Å²) in [6.07, 6.45) is 0. The Bertz CT molecular complexity index is 467. The van der Waals surface area contributed by atoms with Crippen molar-refractivity contribution >= 4 is 23.2 Å². The van der Waals surface area contributed by atoms with Crippen molar-refractivity contribution in [2.75, 3.05) is 5.75 Å². The van der Waals surface area contributed by atoms with Gasteiger partial charge in [0.25, 0.3) is 0 Å². The van der Waals surface area contributed by atoms with Crippen LogP contribution in [0.2, 0.25) is 0 Å². The van der Waals surface area contributed by atoms with Crippen LogP contribution in [0, 0.1) is 0 Å². The second-order valence-corrected chi connectivity index (χ2v) is 9.14. The Balaban J connectivity index is 3.15. The first-order chi connectivity index (χ1) is 9.61. The second kappa shape index (κ2) is 7.49. The smallest absolute Gasteiger partial charge is 0.0698 e. The number of nitrogens with zero attached hydrogens (tertiary/aromatic N) is 1. The quantitative estimate of drug-likeness (QED) is 0.561. The van der Waals surface area contributed by atoms with Gasteiger partial charge in [-0.2, -0.15) is 0 Å². The summed E-state index contributed by atoms with van der Waals surface area (Å²) >= 11 is 1.96. The molecule has 0 aromatic heterocycles. The van der Waals surface area contributed by atoms with Crippen molar-refractivity contribution in [3.05, 3.63) is 29.3 Å². The topological polar surface area (TPSA) is 12.4 Å². The van der Waals surface area contributed by atoms with E-state index < -0.39 is 0 Å². The molecule has 2 heteroatoms. The molecular formula is C19H31NS. The molecule has 1 rings (SSSR count). The van der Waals surface area contributed by atoms with E-state index in [-0.39, 0.29) is 4.75 Å². The highest BCUT2D eigenvalue weighted by atomic mass is 32.2. The Morgan fingerprint density at radius 2 is 1.52 bits per heavy atom. The lowest BCUT2D eigenvalue weighted by molar-refractivity contribution is 0.805. The monoisotopic (exact) mass is 305 g/mol. The van der Waals surface area contributed by atoms with E-state index in [1.807, 2.05) is 11.8 Å². The Morgan fingerprint density at radius 1 is 1.05 bits per heavy atom. The SMILES string of the molecule is CC(CSC(C)(C)C)=Nc1c(C(C)C)cccc1C(C)C. The first kappa shape index (κ1) is 18.3. The number of thioether (sulfide) groups is 1. The number of benzene rings is 1. The fraction of sp³-hybridized carbons (Fsp3) is 0.632. The van der Waals surface area contributed by atoms with E-state index in [0.717, 1.165) is 5.75 Å². The van der Waals surface area contributed by atoms with Gasteiger partial charge in [-0.1, -0.05) is 66.7 Å². The number of hydrogen-bond donors (Lipinski definition) is 0. The van der Waals surface area contributed by atoms with Crippen molar-refractivity contribution < 1.29 is 0 Å². The average Bonchev–Trinajstić information content (AvgIpc) is 2.35. The van der Waals surface area contributed by atoms with Gasteiger partial charge in [-0.05, 0) is 29.9 Å². The summed E-state index contributed by atoms with van der Waals surface area (Å²) in [4.78, 5) is 5.00. The summed E-state index contributed by atoms with van der Waals surface area (Å²) in [6.45, 7) is 17.9. The van der Waals surface area contributed by atoms with Crippen LogP contribution in [0.15, 0.2) is 23.2 Å². The fourth-order valence-corrected chi connectivity index (χ4v) is 2.89. The maximum absolute atomic E-state index is 5.00. The van der Waals surface area contributed by atoms with Crippen molar-refractivity contribution in [1.82, 2.24) is 0 Å². The molecule has 1 nitrogen and oxygen atoms in total. The van der Waals surface area contributed by atoms with E-state index in [0.29, 0.717) is 11.8 Å². The zero-order valence-electron chi connectivity index (χ0n) is 14.9. The van der Waals surface area contributed by atoms with Gasteiger partial charge in [-0.3, -0.25) is 4.99 Å². The molecule has 21 heavy (non-hydrogen) atoms. The van der Waals surface area contributed by atoms with Crippen molar-refractivity contribution in [2.24, 2.45) is 4.99 Å². The molecule has 0 fully saturated rings. The van der Waals surface area contributed by atoms with Gasteiger partial charge in [0.1, 0.15) is 0 Å². The van der Waals surface area contributed by atoms with Crippen LogP contribution in [0.25, 0.3) is 0 Å². The van der Waals surface area contributed by atoms with Crippen molar-refractivity contribution in [3.8, 4) is 0 Å². The standard InChI is InChI=1S/C19H31NS/c1-13(2)16-10-9-11-17(14(3)4)18(16)20-15(5)12-21-19(6,7)8/h9-11,13-14H,12H2,1-8H3. The second-order valence-electron chi connectivity index (χ2n) is 7.34. The summed E-state index contributed by atoms with van der Waals surface area (Å²) in [6, 6.07) is 6.61. The maximum Gasteiger partial charge on any atom is 0.0698 e. The highest BCUT2D eigenvalue weighted by Gasteiger charge is 2.14. The molecule has 0 atom stereocenters. The van der Waals surface area contributed by atoms with Gasteiger partial charge in [0.05, 0.1) is 5.69 Å². The molecule has 0 aliphatic carbocycles. The molecule has 1 aromatic carbocycles. The molecule has 0 saturated carbocycles. The maximum atomic E-state index is 5.00. The van der Waals surface area contributed by atoms with Crippen LogP contribution in [-0.4, -0.2) is 16.2 Å². The fourth-order valence-electron chi connectivity index (χ4n) is 2.18. The molecule has 0 saturated heterocycles. The zero-order valence-corrected chi connectivity index (χ0v) is 15.8. The van der Waals surface area contributed by atoms with E-state index in [4.69, 9.17) is 4.99 Å². The third kappa shape index (κ3) is 5.86. The Labute approximate surface area is 135 Å². The Kier molecular flexibility index (Phi) is 6.52. The minimum atomic E-state index is 0.287. The highest BCUT2D eigenvalue weighted by molar-refractivity contribution is 8.01.